The van der Waals surface area contributed by atoms with E-state index in [2.05, 4.69) is 4.98 Å². The van der Waals surface area contributed by atoms with Gasteiger partial charge in [0.15, 0.2) is 0 Å². The van der Waals surface area contributed by atoms with Crippen molar-refractivity contribution in [1.29, 1.82) is 0 Å². The zero-order valence-electron chi connectivity index (χ0n) is 13.8. The minimum atomic E-state index is -2.43. The minimum Gasteiger partial charge on any atom is -0.462 e. The van der Waals surface area contributed by atoms with Crippen LogP contribution in [0.15, 0.2) is 17.1 Å². The van der Waals surface area contributed by atoms with E-state index in [1.807, 2.05) is 6.92 Å². The Morgan fingerprint density at radius 1 is 1.52 bits per heavy atom. The quantitative estimate of drug-likeness (QED) is 0.429. The van der Waals surface area contributed by atoms with E-state index in [1.165, 1.54) is 6.07 Å². The normalized spacial score (nSPS) is 28.9. The molecule has 25 heavy (non-hydrogen) atoms. The van der Waals surface area contributed by atoms with Crippen LogP contribution in [0.25, 0.3) is 0 Å². The average Bonchev–Trinajstić information content (AvgIpc) is 2.84. The fourth-order valence-corrected chi connectivity index (χ4v) is 2.68. The van der Waals surface area contributed by atoms with Crippen LogP contribution in [0.4, 0.5) is 10.2 Å². The molecular weight excluding hydrogens is 337 g/mol. The molecule has 1 fully saturated rings. The molecule has 2 heterocycles. The number of nitrogens with two attached hydrogens (primary N) is 1. The fourth-order valence-electron chi connectivity index (χ4n) is 2.68. The first-order chi connectivity index (χ1) is 11.9. The van der Waals surface area contributed by atoms with Crippen molar-refractivity contribution in [3.63, 3.8) is 0 Å². The van der Waals surface area contributed by atoms with Crippen molar-refractivity contribution >= 4 is 11.8 Å². The Labute approximate surface area is 143 Å². The lowest BCUT2D eigenvalue weighted by Crippen LogP contribution is -2.56. The molecule has 10 heteroatoms. The third-order valence-corrected chi connectivity index (χ3v) is 4.05. The van der Waals surface area contributed by atoms with Gasteiger partial charge in [-0.05, 0) is 12.5 Å². The van der Waals surface area contributed by atoms with Crippen molar-refractivity contribution in [3.8, 4) is 0 Å². The third-order valence-electron chi connectivity index (χ3n) is 4.05. The molecule has 2 rings (SSSR count). The summed E-state index contributed by atoms with van der Waals surface area (Å²) in [4.78, 5) is 28.3. The summed E-state index contributed by atoms with van der Waals surface area (Å²) < 4.78 is 24.1. The van der Waals surface area contributed by atoms with E-state index in [0.717, 1.165) is 19.0 Å². The van der Waals surface area contributed by atoms with Crippen molar-refractivity contribution in [3.05, 3.63) is 22.7 Å². The van der Waals surface area contributed by atoms with Gasteiger partial charge in [-0.15, -0.1) is 0 Å². The van der Waals surface area contributed by atoms with Crippen molar-refractivity contribution in [2.24, 2.45) is 0 Å². The van der Waals surface area contributed by atoms with Crippen molar-refractivity contribution < 1.29 is 28.9 Å². The Bertz CT molecular complexity index is 669. The van der Waals surface area contributed by atoms with Crippen LogP contribution in [-0.2, 0) is 20.0 Å². The van der Waals surface area contributed by atoms with Crippen LogP contribution in [0.5, 0.6) is 0 Å². The van der Waals surface area contributed by atoms with Crippen LogP contribution in [0, 0.1) is 0 Å². The molecule has 1 aliphatic heterocycles. The lowest BCUT2D eigenvalue weighted by molar-refractivity contribution is -0.201. The minimum absolute atomic E-state index is 0.0258. The summed E-state index contributed by atoms with van der Waals surface area (Å²) in [6.45, 7) is 0.827. The zero-order chi connectivity index (χ0) is 18.6. The summed E-state index contributed by atoms with van der Waals surface area (Å²) in [6.07, 6.45) is -1.79. The van der Waals surface area contributed by atoms with Gasteiger partial charge in [-0.1, -0.05) is 19.8 Å². The smallest absolute Gasteiger partial charge is 0.363 e. The third kappa shape index (κ3) is 3.51. The summed E-state index contributed by atoms with van der Waals surface area (Å²) in [5.74, 6) is -1.22. The molecule has 0 amide bonds. The molecule has 1 aromatic heterocycles. The maximum Gasteiger partial charge on any atom is 0.363 e. The van der Waals surface area contributed by atoms with Crippen LogP contribution in [-0.4, -0.2) is 57.3 Å². The predicted octanol–water partition coefficient (Wildman–Crippen LogP) is -0.698. The Morgan fingerprint density at radius 3 is 2.80 bits per heavy atom. The summed E-state index contributed by atoms with van der Waals surface area (Å²) in [7, 11) is 0. The molecule has 140 valence electrons. The number of alkyl halides is 1. The largest absolute Gasteiger partial charge is 0.462 e. The molecule has 0 saturated carbocycles. The SMILES string of the molecule is CCCCCOC(=O)[C@@]1(n2ccc(N)nc2=O)O[C@H](CF)[C@@H](O)[C@H]1O. The number of rotatable bonds is 7. The number of hydrogen-bond acceptors (Lipinski definition) is 8. The van der Waals surface area contributed by atoms with Gasteiger partial charge in [0.25, 0.3) is 5.72 Å². The van der Waals surface area contributed by atoms with Gasteiger partial charge < -0.3 is 25.4 Å². The number of aliphatic hydroxyl groups is 2. The first kappa shape index (κ1) is 19.3. The second-order valence-corrected chi connectivity index (χ2v) is 5.79. The number of nitrogens with zero attached hydrogens (tertiary/aromatic N) is 2. The highest BCUT2D eigenvalue weighted by Gasteiger charge is 2.62. The van der Waals surface area contributed by atoms with E-state index in [-0.39, 0.29) is 12.4 Å². The molecule has 0 radical (unpaired) electrons. The number of anilines is 1. The number of nitrogen functional groups attached to an aromatic ring is 1. The molecule has 0 unspecified atom stereocenters. The molecule has 0 aliphatic carbocycles. The zero-order valence-corrected chi connectivity index (χ0v) is 13.8. The number of esters is 1. The molecule has 4 atom stereocenters. The number of carbonyl (C=O) groups is 1. The number of ether oxygens (including phenoxy) is 2. The average molecular weight is 359 g/mol. The molecule has 1 aliphatic rings. The number of hydrogen-bond donors (Lipinski definition) is 3. The first-order valence-electron chi connectivity index (χ1n) is 8.01. The highest BCUT2D eigenvalue weighted by atomic mass is 19.1. The lowest BCUT2D eigenvalue weighted by Gasteiger charge is -2.31. The number of aromatic nitrogens is 2. The summed E-state index contributed by atoms with van der Waals surface area (Å²) >= 11 is 0. The monoisotopic (exact) mass is 359 g/mol. The van der Waals surface area contributed by atoms with Crippen molar-refractivity contribution in [1.82, 2.24) is 9.55 Å². The van der Waals surface area contributed by atoms with E-state index < -0.39 is 42.4 Å². The van der Waals surface area contributed by atoms with Gasteiger partial charge in [-0.2, -0.15) is 4.98 Å². The summed E-state index contributed by atoms with van der Waals surface area (Å²) in [5, 5.41) is 20.3. The van der Waals surface area contributed by atoms with E-state index in [1.54, 1.807) is 0 Å². The van der Waals surface area contributed by atoms with Crippen molar-refractivity contribution in [2.45, 2.75) is 50.2 Å². The maximum atomic E-state index is 13.1. The van der Waals surface area contributed by atoms with Crippen LogP contribution in [0.2, 0.25) is 0 Å². The van der Waals surface area contributed by atoms with Gasteiger partial charge in [0.2, 0.25) is 0 Å². The highest BCUT2D eigenvalue weighted by molar-refractivity contribution is 5.78. The van der Waals surface area contributed by atoms with Gasteiger partial charge >= 0.3 is 11.7 Å². The standard InChI is InChI=1S/C15H22FN3O6/c1-2-3-4-7-24-13(22)15(12(21)11(20)9(8-16)25-15)19-6-5-10(17)18-14(19)23/h5-6,9,11-12,20-21H,2-4,7-8H2,1H3,(H2,17,18,23)/t9-,11-,12-,15+/m1/s1. The van der Waals surface area contributed by atoms with Gasteiger partial charge in [0, 0.05) is 6.20 Å². The maximum absolute atomic E-state index is 13.1. The lowest BCUT2D eigenvalue weighted by atomic mass is 10.0. The predicted molar refractivity (Wildman–Crippen MR) is 84.2 cm³/mol. The van der Waals surface area contributed by atoms with Crippen LogP contribution >= 0.6 is 0 Å². The van der Waals surface area contributed by atoms with Crippen LogP contribution < -0.4 is 11.4 Å². The molecule has 0 spiro atoms. The van der Waals surface area contributed by atoms with Crippen molar-refractivity contribution in [2.75, 3.05) is 19.0 Å². The van der Waals surface area contributed by atoms with Gasteiger partial charge in [-0.25, -0.2) is 14.0 Å². The van der Waals surface area contributed by atoms with E-state index in [9.17, 15) is 24.2 Å². The molecule has 4 N–H and O–H groups in total. The second-order valence-electron chi connectivity index (χ2n) is 5.79. The van der Waals surface area contributed by atoms with E-state index in [0.29, 0.717) is 11.0 Å². The van der Waals surface area contributed by atoms with E-state index >= 15 is 0 Å². The Hall–Kier alpha value is -2.04. The van der Waals surface area contributed by atoms with Crippen LogP contribution in [0.3, 0.4) is 0 Å². The number of aliphatic hydroxyl groups excluding tert-OH is 2. The van der Waals surface area contributed by atoms with Crippen LogP contribution in [0.1, 0.15) is 26.2 Å². The second kappa shape index (κ2) is 7.89. The number of halogens is 1. The van der Waals surface area contributed by atoms with Gasteiger partial charge in [-0.3, -0.25) is 4.57 Å². The molecule has 1 saturated heterocycles. The Morgan fingerprint density at radius 2 is 2.24 bits per heavy atom. The summed E-state index contributed by atoms with van der Waals surface area (Å²) in [6, 6.07) is 1.21. The molecule has 0 bridgehead atoms. The molecule has 1 aromatic rings. The first-order valence-corrected chi connectivity index (χ1v) is 8.01. The highest BCUT2D eigenvalue weighted by Crippen LogP contribution is 2.36. The summed E-state index contributed by atoms with van der Waals surface area (Å²) in [5.41, 5.74) is 1.99. The van der Waals surface area contributed by atoms with Gasteiger partial charge in [0.05, 0.1) is 6.61 Å². The van der Waals surface area contributed by atoms with Gasteiger partial charge in [0.1, 0.15) is 30.8 Å². The number of unbranched alkanes of at least 4 members (excludes halogenated alkanes) is 2. The fraction of sp³-hybridized carbons (Fsp3) is 0.667. The number of carbonyl (C=O) groups excluding carboxylic acids is 1. The Kier molecular flexibility index (Phi) is 6.09. The molecule has 9 nitrogen and oxygen atoms in total. The topological polar surface area (TPSA) is 137 Å². The molecule has 0 aromatic carbocycles. The Balaban J connectivity index is 2.42. The molecular formula is C15H22FN3O6. The van der Waals surface area contributed by atoms with E-state index in [4.69, 9.17) is 15.2 Å².